The summed E-state index contributed by atoms with van der Waals surface area (Å²) < 4.78 is 2.33. The topological polar surface area (TPSA) is 17.0 Å². The summed E-state index contributed by atoms with van der Waals surface area (Å²) >= 11 is 0. The van der Waals surface area contributed by atoms with Gasteiger partial charge in [0.2, 0.25) is 0 Å². The Balaban J connectivity index is 2.75. The van der Waals surface area contributed by atoms with Crippen LogP contribution < -0.4 is 5.32 Å². The molecule has 2 nitrogen and oxygen atoms in total. The molecule has 98 valence electrons. The zero-order valence-electron chi connectivity index (χ0n) is 12.2. The highest BCUT2D eigenvalue weighted by molar-refractivity contribution is 5.86. The molecule has 0 amide bonds. The van der Waals surface area contributed by atoms with Crippen LogP contribution in [0, 0.1) is 0 Å². The van der Waals surface area contributed by atoms with Gasteiger partial charge in [0.1, 0.15) is 0 Å². The Kier molecular flexibility index (Phi) is 3.76. The summed E-state index contributed by atoms with van der Waals surface area (Å²) in [5, 5.41) is 4.72. The van der Waals surface area contributed by atoms with Gasteiger partial charge in [0.25, 0.3) is 0 Å². The maximum atomic E-state index is 3.29. The quantitative estimate of drug-likeness (QED) is 0.870. The van der Waals surface area contributed by atoms with E-state index in [-0.39, 0.29) is 0 Å². The van der Waals surface area contributed by atoms with E-state index in [4.69, 9.17) is 0 Å². The van der Waals surface area contributed by atoms with Crippen molar-refractivity contribution in [1.82, 2.24) is 9.88 Å². The van der Waals surface area contributed by atoms with Gasteiger partial charge in [0.15, 0.2) is 0 Å². The minimum atomic E-state index is 0.559. The third-order valence-corrected chi connectivity index (χ3v) is 3.76. The van der Waals surface area contributed by atoms with Gasteiger partial charge in [-0.3, -0.25) is 0 Å². The minimum Gasteiger partial charge on any atom is -0.346 e. The van der Waals surface area contributed by atoms with Gasteiger partial charge in [-0.05, 0) is 42.6 Å². The molecule has 0 bridgehead atoms. The first-order valence-corrected chi connectivity index (χ1v) is 6.84. The molecule has 1 heterocycles. The third kappa shape index (κ3) is 2.05. The van der Waals surface area contributed by atoms with Gasteiger partial charge in [0, 0.05) is 30.2 Å². The van der Waals surface area contributed by atoms with E-state index in [1.165, 1.54) is 27.7 Å². The molecule has 2 aromatic rings. The third-order valence-electron chi connectivity index (χ3n) is 3.76. The molecule has 0 saturated carbocycles. The predicted molar refractivity (Wildman–Crippen MR) is 79.1 cm³/mol. The fourth-order valence-corrected chi connectivity index (χ4v) is 2.82. The highest BCUT2D eigenvalue weighted by atomic mass is 15.0. The molecule has 18 heavy (non-hydrogen) atoms. The molecule has 0 radical (unpaired) electrons. The molecule has 1 aromatic heterocycles. The van der Waals surface area contributed by atoms with Crippen LogP contribution in [0.15, 0.2) is 18.2 Å². The first kappa shape index (κ1) is 13.2. The zero-order chi connectivity index (χ0) is 13.3. The summed E-state index contributed by atoms with van der Waals surface area (Å²) in [6, 6.07) is 6.87. The van der Waals surface area contributed by atoms with Crippen LogP contribution in [-0.2, 0) is 20.0 Å². The molecule has 0 spiro atoms. The molecular weight excluding hydrogens is 220 g/mol. The van der Waals surface area contributed by atoms with E-state index >= 15 is 0 Å². The van der Waals surface area contributed by atoms with Gasteiger partial charge in [-0.15, -0.1) is 0 Å². The summed E-state index contributed by atoms with van der Waals surface area (Å²) in [5.74, 6) is 0.559. The molecule has 1 aromatic carbocycles. The van der Waals surface area contributed by atoms with Crippen molar-refractivity contribution >= 4 is 10.9 Å². The number of fused-ring (bicyclic) bond motifs is 1. The van der Waals surface area contributed by atoms with Crippen LogP contribution in [0.25, 0.3) is 10.9 Å². The van der Waals surface area contributed by atoms with Gasteiger partial charge >= 0.3 is 0 Å². The first-order chi connectivity index (χ1) is 8.60. The summed E-state index contributed by atoms with van der Waals surface area (Å²) in [6.07, 6.45) is 1.10. The van der Waals surface area contributed by atoms with Crippen LogP contribution in [0.1, 0.15) is 43.5 Å². The normalized spacial score (nSPS) is 11.7. The number of aromatic nitrogens is 1. The second kappa shape index (κ2) is 5.15. The van der Waals surface area contributed by atoms with Crippen molar-refractivity contribution in [3.05, 3.63) is 35.0 Å². The van der Waals surface area contributed by atoms with Crippen molar-refractivity contribution in [3.8, 4) is 0 Å². The van der Waals surface area contributed by atoms with Gasteiger partial charge in [-0.25, -0.2) is 0 Å². The Morgan fingerprint density at radius 2 is 2.00 bits per heavy atom. The standard InChI is InChI=1S/C16H24N2/c1-6-12-7-8-14-13(9-12)16(11(2)3)15(10-17-4)18(14)5/h7-9,11,17H,6,10H2,1-5H3. The molecule has 0 fully saturated rings. The molecule has 2 heteroatoms. The maximum Gasteiger partial charge on any atom is 0.0483 e. The van der Waals surface area contributed by atoms with Gasteiger partial charge in [-0.2, -0.15) is 0 Å². The Hall–Kier alpha value is -1.28. The molecule has 0 saturated heterocycles. The van der Waals surface area contributed by atoms with Gasteiger partial charge in [0.05, 0.1) is 0 Å². The number of nitrogens with zero attached hydrogens (tertiary/aromatic N) is 1. The SMILES string of the molecule is CCc1ccc2c(c1)c(C(C)C)c(CNC)n2C. The van der Waals surface area contributed by atoms with E-state index in [1.807, 2.05) is 7.05 Å². The number of aryl methyl sites for hydroxylation is 2. The van der Waals surface area contributed by atoms with Crippen molar-refractivity contribution in [2.24, 2.45) is 7.05 Å². The van der Waals surface area contributed by atoms with E-state index in [1.54, 1.807) is 0 Å². The smallest absolute Gasteiger partial charge is 0.0483 e. The molecule has 0 aliphatic carbocycles. The lowest BCUT2D eigenvalue weighted by Crippen LogP contribution is -2.11. The second-order valence-corrected chi connectivity index (χ2v) is 5.31. The highest BCUT2D eigenvalue weighted by Gasteiger charge is 2.17. The Bertz CT molecular complexity index is 550. The average Bonchev–Trinajstić information content (AvgIpc) is 2.63. The average molecular weight is 244 g/mol. The van der Waals surface area contributed by atoms with Crippen molar-refractivity contribution in [2.45, 2.75) is 39.7 Å². The molecule has 0 aliphatic heterocycles. The number of rotatable bonds is 4. The van der Waals surface area contributed by atoms with Crippen LogP contribution in [0.4, 0.5) is 0 Å². The van der Waals surface area contributed by atoms with Crippen LogP contribution in [-0.4, -0.2) is 11.6 Å². The monoisotopic (exact) mass is 244 g/mol. The molecule has 2 rings (SSSR count). The van der Waals surface area contributed by atoms with Gasteiger partial charge < -0.3 is 9.88 Å². The van der Waals surface area contributed by atoms with Gasteiger partial charge in [-0.1, -0.05) is 26.8 Å². The summed E-state index contributed by atoms with van der Waals surface area (Å²) in [7, 11) is 4.19. The Morgan fingerprint density at radius 3 is 2.56 bits per heavy atom. The van der Waals surface area contributed by atoms with Crippen LogP contribution in [0.3, 0.4) is 0 Å². The second-order valence-electron chi connectivity index (χ2n) is 5.31. The lowest BCUT2D eigenvalue weighted by atomic mass is 9.98. The summed E-state index contributed by atoms with van der Waals surface area (Å²) in [5.41, 5.74) is 5.68. The van der Waals surface area contributed by atoms with Crippen molar-refractivity contribution < 1.29 is 0 Å². The maximum absolute atomic E-state index is 3.29. The highest BCUT2D eigenvalue weighted by Crippen LogP contribution is 2.32. The lowest BCUT2D eigenvalue weighted by Gasteiger charge is -2.10. The summed E-state index contributed by atoms with van der Waals surface area (Å²) in [4.78, 5) is 0. The number of hydrogen-bond acceptors (Lipinski definition) is 1. The Morgan fingerprint density at radius 1 is 1.28 bits per heavy atom. The fraction of sp³-hybridized carbons (Fsp3) is 0.500. The fourth-order valence-electron chi connectivity index (χ4n) is 2.82. The summed E-state index contributed by atoms with van der Waals surface area (Å²) in [6.45, 7) is 7.72. The van der Waals surface area contributed by atoms with Crippen molar-refractivity contribution in [2.75, 3.05) is 7.05 Å². The largest absolute Gasteiger partial charge is 0.346 e. The van der Waals surface area contributed by atoms with Crippen molar-refractivity contribution in [3.63, 3.8) is 0 Å². The van der Waals surface area contributed by atoms with Crippen LogP contribution >= 0.6 is 0 Å². The van der Waals surface area contributed by atoms with Crippen molar-refractivity contribution in [1.29, 1.82) is 0 Å². The van der Waals surface area contributed by atoms with Crippen LogP contribution in [0.5, 0.6) is 0 Å². The molecule has 1 N–H and O–H groups in total. The van der Waals surface area contributed by atoms with E-state index in [0.29, 0.717) is 5.92 Å². The van der Waals surface area contributed by atoms with E-state index in [2.05, 4.69) is 55.9 Å². The number of hydrogen-bond donors (Lipinski definition) is 1. The van der Waals surface area contributed by atoms with Crippen LogP contribution in [0.2, 0.25) is 0 Å². The Labute approximate surface area is 110 Å². The number of nitrogens with one attached hydrogen (secondary N) is 1. The predicted octanol–water partition coefficient (Wildman–Crippen LogP) is 3.58. The van der Waals surface area contributed by atoms with E-state index in [9.17, 15) is 0 Å². The van der Waals surface area contributed by atoms with E-state index < -0.39 is 0 Å². The molecule has 0 aliphatic rings. The molecule has 0 unspecified atom stereocenters. The lowest BCUT2D eigenvalue weighted by molar-refractivity contribution is 0.717. The zero-order valence-corrected chi connectivity index (χ0v) is 12.2. The number of benzene rings is 1. The first-order valence-electron chi connectivity index (χ1n) is 6.84. The molecule has 0 atom stereocenters. The minimum absolute atomic E-state index is 0.559. The molecular formula is C16H24N2. The van der Waals surface area contributed by atoms with E-state index in [0.717, 1.165) is 13.0 Å².